The Balaban J connectivity index is 1.70. The van der Waals surface area contributed by atoms with Gasteiger partial charge < -0.3 is 34.7 Å². The summed E-state index contributed by atoms with van der Waals surface area (Å²) in [7, 11) is 1.26. The number of rotatable bonds is 12. The minimum Gasteiger partial charge on any atom is -0.490 e. The van der Waals surface area contributed by atoms with Gasteiger partial charge in [-0.05, 0) is 49.7 Å². The standard InChI is InChI=1S/C26H28ClN5O7/c1-4-37-21-12-16(24-23(25(34)36-3)15(2)30-26(35)31-24)5-7-20(21)39-14-22(33)32-29-13-17-11-18(27)6-8-19(17)38-10-9-28/h5-8,11-13,22,24,32-33H,4,10,14H2,1-3H3,(H2,30,31,35)/b29-13+/t22-,24-/m1/s1. The third-order valence-electron chi connectivity index (χ3n) is 5.36. The fraction of sp³-hybridized carbons (Fsp3) is 0.308. The van der Waals surface area contributed by atoms with Crippen LogP contribution in [0.4, 0.5) is 4.79 Å². The fourth-order valence-electron chi connectivity index (χ4n) is 3.68. The number of methoxy groups -OCH3 is 1. The van der Waals surface area contributed by atoms with Crippen molar-refractivity contribution >= 4 is 29.8 Å². The molecule has 2 aromatic rings. The highest BCUT2D eigenvalue weighted by atomic mass is 35.5. The van der Waals surface area contributed by atoms with Gasteiger partial charge in [-0.3, -0.25) is 5.43 Å². The maximum atomic E-state index is 12.4. The average Bonchev–Trinajstić information content (AvgIpc) is 2.91. The first-order valence-corrected chi connectivity index (χ1v) is 12.2. The number of aliphatic hydroxyl groups excluding tert-OH is 1. The molecule has 3 rings (SSSR count). The van der Waals surface area contributed by atoms with E-state index in [9.17, 15) is 14.7 Å². The van der Waals surface area contributed by atoms with Crippen LogP contribution < -0.4 is 30.3 Å². The van der Waals surface area contributed by atoms with Gasteiger partial charge in [0, 0.05) is 16.3 Å². The molecular weight excluding hydrogens is 530 g/mol. The molecule has 0 bridgehead atoms. The van der Waals surface area contributed by atoms with Crippen LogP contribution in [-0.4, -0.2) is 56.5 Å². The lowest BCUT2D eigenvalue weighted by Crippen LogP contribution is -2.45. The number of aliphatic hydroxyl groups is 1. The molecule has 206 valence electrons. The van der Waals surface area contributed by atoms with E-state index in [2.05, 4.69) is 21.2 Å². The second-order valence-electron chi connectivity index (χ2n) is 8.04. The zero-order chi connectivity index (χ0) is 28.4. The van der Waals surface area contributed by atoms with Crippen LogP contribution in [0.2, 0.25) is 5.02 Å². The summed E-state index contributed by atoms with van der Waals surface area (Å²) in [5, 5.41) is 28.8. The number of carbonyl (C=O) groups is 2. The van der Waals surface area contributed by atoms with Crippen molar-refractivity contribution in [2.45, 2.75) is 26.1 Å². The molecule has 2 atom stereocenters. The zero-order valence-corrected chi connectivity index (χ0v) is 22.2. The van der Waals surface area contributed by atoms with E-state index in [1.165, 1.54) is 13.3 Å². The summed E-state index contributed by atoms with van der Waals surface area (Å²) < 4.78 is 21.7. The number of halogens is 1. The molecule has 0 saturated heterocycles. The molecule has 0 aliphatic carbocycles. The predicted octanol–water partition coefficient (Wildman–Crippen LogP) is 2.76. The largest absolute Gasteiger partial charge is 0.490 e. The molecule has 0 spiro atoms. The van der Waals surface area contributed by atoms with Crippen LogP contribution in [0.25, 0.3) is 0 Å². The van der Waals surface area contributed by atoms with Gasteiger partial charge in [-0.2, -0.15) is 10.4 Å². The normalized spacial score (nSPS) is 15.6. The van der Waals surface area contributed by atoms with Crippen molar-refractivity contribution in [3.63, 3.8) is 0 Å². The Bertz CT molecular complexity index is 1310. The van der Waals surface area contributed by atoms with Crippen LogP contribution in [0, 0.1) is 11.3 Å². The number of carbonyl (C=O) groups excluding carboxylic acids is 2. The third kappa shape index (κ3) is 7.76. The molecule has 0 radical (unpaired) electrons. The molecule has 0 aromatic heterocycles. The van der Waals surface area contributed by atoms with Crippen LogP contribution in [-0.2, 0) is 9.53 Å². The molecule has 13 heteroatoms. The number of nitriles is 1. The number of benzene rings is 2. The molecule has 12 nitrogen and oxygen atoms in total. The van der Waals surface area contributed by atoms with Gasteiger partial charge in [-0.15, -0.1) is 0 Å². The first-order valence-electron chi connectivity index (χ1n) is 11.8. The number of hydrazone groups is 1. The Labute approximate surface area is 230 Å². The number of hydrogen-bond donors (Lipinski definition) is 4. The molecule has 1 heterocycles. The second-order valence-corrected chi connectivity index (χ2v) is 8.48. The average molecular weight is 558 g/mol. The number of ether oxygens (including phenoxy) is 4. The summed E-state index contributed by atoms with van der Waals surface area (Å²) in [5.74, 6) is 0.496. The molecular formula is C26H28ClN5O7. The van der Waals surface area contributed by atoms with Crippen LogP contribution in [0.5, 0.6) is 17.2 Å². The van der Waals surface area contributed by atoms with Crippen LogP contribution in [0.1, 0.15) is 31.0 Å². The van der Waals surface area contributed by atoms with Gasteiger partial charge >= 0.3 is 12.0 Å². The van der Waals surface area contributed by atoms with Gasteiger partial charge in [0.05, 0.1) is 31.5 Å². The van der Waals surface area contributed by atoms with E-state index in [-0.39, 0.29) is 18.8 Å². The van der Waals surface area contributed by atoms with Crippen molar-refractivity contribution < 1.29 is 33.6 Å². The maximum Gasteiger partial charge on any atom is 0.337 e. The van der Waals surface area contributed by atoms with Gasteiger partial charge in [-0.25, -0.2) is 9.59 Å². The molecule has 0 unspecified atom stereocenters. The van der Waals surface area contributed by atoms with Crippen LogP contribution in [0.3, 0.4) is 0 Å². The highest BCUT2D eigenvalue weighted by molar-refractivity contribution is 6.30. The summed E-state index contributed by atoms with van der Waals surface area (Å²) in [6.07, 6.45) is 0.197. The number of allylic oxidation sites excluding steroid dienone is 1. The van der Waals surface area contributed by atoms with Gasteiger partial charge in [0.25, 0.3) is 0 Å². The maximum absolute atomic E-state index is 12.4. The fourth-order valence-corrected chi connectivity index (χ4v) is 3.86. The summed E-state index contributed by atoms with van der Waals surface area (Å²) in [6, 6.07) is 10.4. The smallest absolute Gasteiger partial charge is 0.337 e. The van der Waals surface area contributed by atoms with E-state index in [4.69, 9.17) is 35.8 Å². The summed E-state index contributed by atoms with van der Waals surface area (Å²) in [5.41, 5.74) is 4.25. The van der Waals surface area contributed by atoms with Crippen molar-refractivity contribution in [3.05, 3.63) is 63.8 Å². The van der Waals surface area contributed by atoms with Gasteiger partial charge in [-0.1, -0.05) is 17.7 Å². The minimum absolute atomic E-state index is 0.142. The van der Waals surface area contributed by atoms with Gasteiger partial charge in [0.15, 0.2) is 24.3 Å². The minimum atomic E-state index is -1.20. The van der Waals surface area contributed by atoms with Crippen LogP contribution >= 0.6 is 11.6 Å². The topological polar surface area (TPSA) is 164 Å². The van der Waals surface area contributed by atoms with Crippen molar-refractivity contribution in [3.8, 4) is 23.3 Å². The van der Waals surface area contributed by atoms with Crippen molar-refractivity contribution in [2.24, 2.45) is 5.10 Å². The summed E-state index contributed by atoms with van der Waals surface area (Å²) in [4.78, 5) is 24.5. The lowest BCUT2D eigenvalue weighted by molar-refractivity contribution is -0.136. The Morgan fingerprint density at radius 3 is 2.72 bits per heavy atom. The number of hydrogen-bond acceptors (Lipinski definition) is 10. The molecule has 39 heavy (non-hydrogen) atoms. The Morgan fingerprint density at radius 2 is 2.00 bits per heavy atom. The van der Waals surface area contributed by atoms with E-state index in [1.807, 2.05) is 6.07 Å². The summed E-state index contributed by atoms with van der Waals surface area (Å²) in [6.45, 7) is 3.39. The van der Waals surface area contributed by atoms with E-state index in [1.54, 1.807) is 50.2 Å². The van der Waals surface area contributed by atoms with E-state index in [0.29, 0.717) is 45.7 Å². The lowest BCUT2D eigenvalue weighted by atomic mass is 9.95. The number of nitrogens with one attached hydrogen (secondary N) is 3. The Hall–Kier alpha value is -4.47. The second kappa shape index (κ2) is 13.9. The van der Waals surface area contributed by atoms with Crippen LogP contribution in [0.15, 0.2) is 52.8 Å². The number of nitrogens with zero attached hydrogens (tertiary/aromatic N) is 2. The predicted molar refractivity (Wildman–Crippen MR) is 142 cm³/mol. The third-order valence-corrected chi connectivity index (χ3v) is 5.60. The molecule has 2 aromatic carbocycles. The van der Waals surface area contributed by atoms with Crippen molar-refractivity contribution in [1.82, 2.24) is 16.1 Å². The van der Waals surface area contributed by atoms with E-state index in [0.717, 1.165) is 0 Å². The Kier molecular flexibility index (Phi) is 10.4. The summed E-state index contributed by atoms with van der Waals surface area (Å²) >= 11 is 6.02. The number of esters is 1. The quantitative estimate of drug-likeness (QED) is 0.133. The monoisotopic (exact) mass is 557 g/mol. The van der Waals surface area contributed by atoms with Crippen molar-refractivity contribution in [2.75, 3.05) is 26.9 Å². The highest BCUT2D eigenvalue weighted by Gasteiger charge is 2.32. The molecule has 0 fully saturated rings. The molecule has 1 aliphatic rings. The van der Waals surface area contributed by atoms with Gasteiger partial charge in [0.2, 0.25) is 0 Å². The van der Waals surface area contributed by atoms with Gasteiger partial charge in [0.1, 0.15) is 18.4 Å². The Morgan fingerprint density at radius 1 is 1.23 bits per heavy atom. The van der Waals surface area contributed by atoms with E-state index < -0.39 is 24.3 Å². The zero-order valence-electron chi connectivity index (χ0n) is 21.5. The molecule has 4 N–H and O–H groups in total. The molecule has 2 amide bonds. The number of urea groups is 1. The molecule has 0 saturated carbocycles. The highest BCUT2D eigenvalue weighted by Crippen LogP contribution is 2.35. The van der Waals surface area contributed by atoms with E-state index >= 15 is 0 Å². The molecule has 1 aliphatic heterocycles. The number of amides is 2. The first kappa shape index (κ1) is 29.1. The lowest BCUT2D eigenvalue weighted by Gasteiger charge is -2.28. The first-order chi connectivity index (χ1) is 18.8. The SMILES string of the molecule is CCOc1cc([C@H]2NC(=O)NC(C)=C2C(=O)OC)ccc1OC[C@@H](O)N/N=C/c1cc(Cl)ccc1OCC#N. The van der Waals surface area contributed by atoms with Crippen molar-refractivity contribution in [1.29, 1.82) is 5.26 Å².